The number of ether oxygens (including phenoxy) is 2. The van der Waals surface area contributed by atoms with E-state index in [-0.39, 0.29) is 11.8 Å². The molecule has 1 aliphatic heterocycles. The van der Waals surface area contributed by atoms with Crippen molar-refractivity contribution in [2.24, 2.45) is 0 Å². The first-order valence-electron chi connectivity index (χ1n) is 10.1. The number of H-pyrrole nitrogens is 1. The molecule has 3 aromatic rings. The van der Waals surface area contributed by atoms with Gasteiger partial charge >= 0.3 is 0 Å². The third-order valence-corrected chi connectivity index (χ3v) is 5.32. The van der Waals surface area contributed by atoms with Gasteiger partial charge in [0, 0.05) is 42.6 Å². The van der Waals surface area contributed by atoms with Crippen LogP contribution in [0.15, 0.2) is 48.5 Å². The fourth-order valence-electron chi connectivity index (χ4n) is 3.68. The summed E-state index contributed by atoms with van der Waals surface area (Å²) in [6.07, 6.45) is 0. The quantitative estimate of drug-likeness (QED) is 0.705. The molecule has 2 heterocycles. The van der Waals surface area contributed by atoms with Crippen LogP contribution in [0, 0.1) is 0 Å². The van der Waals surface area contributed by atoms with Gasteiger partial charge in [-0.25, -0.2) is 0 Å². The molecule has 1 N–H and O–H groups in total. The van der Waals surface area contributed by atoms with Crippen molar-refractivity contribution in [2.75, 3.05) is 39.9 Å². The molecule has 0 aliphatic carbocycles. The number of hydrogen-bond acceptors (Lipinski definition) is 4. The fourth-order valence-corrected chi connectivity index (χ4v) is 3.68. The molecule has 1 aliphatic rings. The second kappa shape index (κ2) is 8.49. The lowest BCUT2D eigenvalue weighted by Gasteiger charge is -2.34. The number of aromatic nitrogens is 1. The second-order valence-electron chi connectivity index (χ2n) is 7.18. The third kappa shape index (κ3) is 3.96. The first-order chi connectivity index (χ1) is 14.6. The highest BCUT2D eigenvalue weighted by molar-refractivity contribution is 5.99. The molecule has 0 spiro atoms. The average Bonchev–Trinajstić information content (AvgIpc) is 3.22. The molecular formula is C23H25N3O4. The molecule has 2 amide bonds. The van der Waals surface area contributed by atoms with Gasteiger partial charge in [0.25, 0.3) is 11.8 Å². The smallest absolute Gasteiger partial charge is 0.270 e. The lowest BCUT2D eigenvalue weighted by atomic mass is 10.1. The first-order valence-corrected chi connectivity index (χ1v) is 10.1. The van der Waals surface area contributed by atoms with E-state index in [0.29, 0.717) is 44.0 Å². The maximum Gasteiger partial charge on any atom is 0.270 e. The second-order valence-corrected chi connectivity index (χ2v) is 7.18. The molecule has 0 atom stereocenters. The van der Waals surface area contributed by atoms with Crippen molar-refractivity contribution in [3.8, 4) is 11.5 Å². The van der Waals surface area contributed by atoms with Gasteiger partial charge in [0.2, 0.25) is 0 Å². The molecule has 0 bridgehead atoms. The molecule has 7 nitrogen and oxygen atoms in total. The molecule has 0 unspecified atom stereocenters. The van der Waals surface area contributed by atoms with E-state index >= 15 is 0 Å². The Bertz CT molecular complexity index is 1050. The molecule has 7 heteroatoms. The van der Waals surface area contributed by atoms with Gasteiger partial charge in [0.15, 0.2) is 0 Å². The van der Waals surface area contributed by atoms with E-state index in [2.05, 4.69) is 4.98 Å². The zero-order valence-corrected chi connectivity index (χ0v) is 17.2. The molecule has 1 aromatic heterocycles. The van der Waals surface area contributed by atoms with Crippen LogP contribution < -0.4 is 9.47 Å². The van der Waals surface area contributed by atoms with Crippen molar-refractivity contribution in [1.82, 2.24) is 14.8 Å². The predicted octanol–water partition coefficient (Wildman–Crippen LogP) is 3.17. The number of amides is 2. The van der Waals surface area contributed by atoms with Gasteiger partial charge in [-0.1, -0.05) is 0 Å². The van der Waals surface area contributed by atoms with Gasteiger partial charge in [-0.05, 0) is 55.5 Å². The molecule has 0 radical (unpaired) electrons. The van der Waals surface area contributed by atoms with Crippen molar-refractivity contribution < 1.29 is 19.1 Å². The maximum absolute atomic E-state index is 12.9. The number of carbonyl (C=O) groups excluding carboxylic acids is 2. The highest BCUT2D eigenvalue weighted by Gasteiger charge is 2.26. The average molecular weight is 407 g/mol. The van der Waals surface area contributed by atoms with Crippen LogP contribution in [0.1, 0.15) is 27.8 Å². The van der Waals surface area contributed by atoms with Crippen LogP contribution in [0.4, 0.5) is 0 Å². The minimum Gasteiger partial charge on any atom is -0.497 e. The van der Waals surface area contributed by atoms with Crippen LogP contribution in [0.2, 0.25) is 0 Å². The Labute approximate surface area is 175 Å². The molecule has 156 valence electrons. The van der Waals surface area contributed by atoms with Crippen molar-refractivity contribution in [2.45, 2.75) is 6.92 Å². The lowest BCUT2D eigenvalue weighted by Crippen LogP contribution is -2.50. The first kappa shape index (κ1) is 19.8. The minimum absolute atomic E-state index is 0.0251. The van der Waals surface area contributed by atoms with Crippen LogP contribution in [-0.4, -0.2) is 66.5 Å². The van der Waals surface area contributed by atoms with E-state index in [4.69, 9.17) is 9.47 Å². The van der Waals surface area contributed by atoms with Crippen LogP contribution in [0.3, 0.4) is 0 Å². The summed E-state index contributed by atoms with van der Waals surface area (Å²) in [5.41, 5.74) is 2.07. The maximum atomic E-state index is 12.9. The summed E-state index contributed by atoms with van der Waals surface area (Å²) in [5.74, 6) is 1.42. The molecular weight excluding hydrogens is 382 g/mol. The zero-order chi connectivity index (χ0) is 21.1. The number of hydrogen-bond donors (Lipinski definition) is 1. The summed E-state index contributed by atoms with van der Waals surface area (Å²) in [6, 6.07) is 14.7. The number of methoxy groups -OCH3 is 1. The number of fused-ring (bicyclic) bond motifs is 1. The third-order valence-electron chi connectivity index (χ3n) is 5.32. The zero-order valence-electron chi connectivity index (χ0n) is 17.2. The van der Waals surface area contributed by atoms with Gasteiger partial charge in [-0.2, -0.15) is 0 Å². The van der Waals surface area contributed by atoms with E-state index in [1.807, 2.05) is 31.2 Å². The Kier molecular flexibility index (Phi) is 5.61. The van der Waals surface area contributed by atoms with E-state index in [1.165, 1.54) is 0 Å². The molecule has 1 saturated heterocycles. The monoisotopic (exact) mass is 407 g/mol. The van der Waals surface area contributed by atoms with Gasteiger partial charge in [-0.3, -0.25) is 9.59 Å². The van der Waals surface area contributed by atoms with Gasteiger partial charge in [0.05, 0.1) is 13.7 Å². The van der Waals surface area contributed by atoms with Gasteiger partial charge in [-0.15, -0.1) is 0 Å². The van der Waals surface area contributed by atoms with Crippen molar-refractivity contribution in [3.05, 3.63) is 59.8 Å². The topological polar surface area (TPSA) is 74.9 Å². The summed E-state index contributed by atoms with van der Waals surface area (Å²) in [7, 11) is 1.62. The minimum atomic E-state index is -0.0571. The SMILES string of the molecule is CCOc1ccc(C(=O)N2CCN(C(=O)c3cc4cc(OC)ccc4[nH]3)CC2)cc1. The van der Waals surface area contributed by atoms with Crippen molar-refractivity contribution in [1.29, 1.82) is 0 Å². The molecule has 1 fully saturated rings. The number of nitrogens with zero attached hydrogens (tertiary/aromatic N) is 2. The molecule has 4 rings (SSSR count). The number of benzene rings is 2. The van der Waals surface area contributed by atoms with Crippen LogP contribution in [-0.2, 0) is 0 Å². The van der Waals surface area contributed by atoms with E-state index in [9.17, 15) is 9.59 Å². The van der Waals surface area contributed by atoms with Crippen molar-refractivity contribution >= 4 is 22.7 Å². The number of piperazine rings is 1. The summed E-state index contributed by atoms with van der Waals surface area (Å²) >= 11 is 0. The summed E-state index contributed by atoms with van der Waals surface area (Å²) < 4.78 is 10.7. The van der Waals surface area contributed by atoms with Crippen LogP contribution in [0.25, 0.3) is 10.9 Å². The van der Waals surface area contributed by atoms with E-state index in [1.54, 1.807) is 41.2 Å². The van der Waals surface area contributed by atoms with Crippen LogP contribution in [0.5, 0.6) is 11.5 Å². The Morgan fingerprint density at radius 1 is 0.900 bits per heavy atom. The number of rotatable bonds is 5. The number of nitrogens with one attached hydrogen (secondary N) is 1. The van der Waals surface area contributed by atoms with Gasteiger partial charge < -0.3 is 24.3 Å². The van der Waals surface area contributed by atoms with E-state index in [0.717, 1.165) is 22.4 Å². The molecule has 30 heavy (non-hydrogen) atoms. The number of aromatic amines is 1. The molecule has 0 saturated carbocycles. The molecule has 2 aromatic carbocycles. The number of carbonyl (C=O) groups is 2. The summed E-state index contributed by atoms with van der Waals surface area (Å²) in [4.78, 5) is 32.4. The normalized spacial score (nSPS) is 14.1. The fraction of sp³-hybridized carbons (Fsp3) is 0.304. The Morgan fingerprint density at radius 3 is 2.17 bits per heavy atom. The largest absolute Gasteiger partial charge is 0.497 e. The standard InChI is InChI=1S/C23H25N3O4/c1-3-30-18-6-4-16(5-7-18)22(27)25-10-12-26(13-11-25)23(28)21-15-17-14-19(29-2)8-9-20(17)24-21/h4-9,14-15,24H,3,10-13H2,1-2H3. The van der Waals surface area contributed by atoms with Crippen molar-refractivity contribution in [3.63, 3.8) is 0 Å². The Morgan fingerprint density at radius 2 is 1.53 bits per heavy atom. The van der Waals surface area contributed by atoms with Crippen LogP contribution >= 0.6 is 0 Å². The summed E-state index contributed by atoms with van der Waals surface area (Å²) in [6.45, 7) is 4.53. The highest BCUT2D eigenvalue weighted by Crippen LogP contribution is 2.22. The lowest BCUT2D eigenvalue weighted by molar-refractivity contribution is 0.0533. The predicted molar refractivity (Wildman–Crippen MR) is 114 cm³/mol. The Hall–Kier alpha value is -3.48. The Balaban J connectivity index is 1.39. The highest BCUT2D eigenvalue weighted by atomic mass is 16.5. The summed E-state index contributed by atoms with van der Waals surface area (Å²) in [5, 5.41) is 0.932. The van der Waals surface area contributed by atoms with Gasteiger partial charge in [0.1, 0.15) is 17.2 Å². The van der Waals surface area contributed by atoms with E-state index < -0.39 is 0 Å².